The average molecular weight is 277 g/mol. The van der Waals surface area contributed by atoms with Crippen LogP contribution >= 0.6 is 0 Å². The molecule has 1 aromatic rings. The first-order valence-electron chi connectivity index (χ1n) is 7.24. The predicted molar refractivity (Wildman–Crippen MR) is 84.1 cm³/mol. The Morgan fingerprint density at radius 1 is 1.35 bits per heavy atom. The fourth-order valence-corrected chi connectivity index (χ4v) is 1.68. The zero-order valence-electron chi connectivity index (χ0n) is 13.5. The van der Waals surface area contributed by atoms with Gasteiger partial charge in [-0.1, -0.05) is 34.6 Å². The lowest BCUT2D eigenvalue weighted by Crippen LogP contribution is -2.33. The minimum Gasteiger partial charge on any atom is -0.373 e. The third-order valence-electron chi connectivity index (χ3n) is 3.81. The van der Waals surface area contributed by atoms with Crippen molar-refractivity contribution in [2.24, 2.45) is 11.3 Å². The molecule has 4 nitrogen and oxygen atoms in total. The summed E-state index contributed by atoms with van der Waals surface area (Å²) >= 11 is 0. The van der Waals surface area contributed by atoms with Crippen LogP contribution in [0.1, 0.15) is 50.7 Å². The average Bonchev–Trinajstić information content (AvgIpc) is 2.42. The van der Waals surface area contributed by atoms with Crippen molar-refractivity contribution in [2.75, 3.05) is 18.9 Å². The summed E-state index contributed by atoms with van der Waals surface area (Å²) in [5.41, 5.74) is 1.78. The molecule has 0 aliphatic rings. The van der Waals surface area contributed by atoms with E-state index in [0.717, 1.165) is 17.9 Å². The molecule has 0 aliphatic heterocycles. The van der Waals surface area contributed by atoms with Crippen molar-refractivity contribution in [3.05, 3.63) is 23.4 Å². The van der Waals surface area contributed by atoms with Gasteiger partial charge in [0.05, 0.1) is 0 Å². The second kappa shape index (κ2) is 6.73. The number of rotatable bonds is 5. The first-order chi connectivity index (χ1) is 9.27. The lowest BCUT2D eigenvalue weighted by atomic mass is 9.82. The number of pyridine rings is 1. The SMILES string of the molecule is CCc1cc(C(=O)NCC(C)C(C)(C)C)cc(NC)n1. The number of nitrogens with one attached hydrogen (secondary N) is 2. The van der Waals surface area contributed by atoms with Crippen molar-refractivity contribution in [3.63, 3.8) is 0 Å². The Kier molecular flexibility index (Phi) is 5.54. The van der Waals surface area contributed by atoms with Crippen LogP contribution in [0.4, 0.5) is 5.82 Å². The summed E-state index contributed by atoms with van der Waals surface area (Å²) in [4.78, 5) is 16.6. The molecule has 0 saturated heterocycles. The van der Waals surface area contributed by atoms with Gasteiger partial charge >= 0.3 is 0 Å². The number of hydrogen-bond donors (Lipinski definition) is 2. The number of aryl methyl sites for hydroxylation is 1. The molecule has 1 unspecified atom stereocenters. The molecule has 1 heterocycles. The molecule has 0 radical (unpaired) electrons. The van der Waals surface area contributed by atoms with E-state index in [2.05, 4.69) is 43.3 Å². The third kappa shape index (κ3) is 4.51. The smallest absolute Gasteiger partial charge is 0.251 e. The van der Waals surface area contributed by atoms with Crippen LogP contribution in [0.25, 0.3) is 0 Å². The van der Waals surface area contributed by atoms with Gasteiger partial charge in [-0.15, -0.1) is 0 Å². The molecule has 1 rings (SSSR count). The molecule has 1 amide bonds. The van der Waals surface area contributed by atoms with Crippen LogP contribution < -0.4 is 10.6 Å². The quantitative estimate of drug-likeness (QED) is 0.869. The van der Waals surface area contributed by atoms with E-state index in [1.807, 2.05) is 20.0 Å². The van der Waals surface area contributed by atoms with E-state index < -0.39 is 0 Å². The van der Waals surface area contributed by atoms with E-state index in [1.54, 1.807) is 6.07 Å². The van der Waals surface area contributed by atoms with Gasteiger partial charge in [0, 0.05) is 24.8 Å². The number of aromatic nitrogens is 1. The first-order valence-corrected chi connectivity index (χ1v) is 7.24. The zero-order chi connectivity index (χ0) is 15.3. The Labute approximate surface area is 122 Å². The minimum atomic E-state index is -0.0327. The third-order valence-corrected chi connectivity index (χ3v) is 3.81. The largest absolute Gasteiger partial charge is 0.373 e. The monoisotopic (exact) mass is 277 g/mol. The summed E-state index contributed by atoms with van der Waals surface area (Å²) in [7, 11) is 1.81. The summed E-state index contributed by atoms with van der Waals surface area (Å²) in [5, 5.41) is 6.01. The molecular weight excluding hydrogens is 250 g/mol. The molecule has 20 heavy (non-hydrogen) atoms. The Morgan fingerprint density at radius 2 is 2.00 bits per heavy atom. The van der Waals surface area contributed by atoms with Crippen molar-refractivity contribution in [3.8, 4) is 0 Å². The van der Waals surface area contributed by atoms with Gasteiger partial charge in [-0.3, -0.25) is 4.79 Å². The number of anilines is 1. The molecule has 0 bridgehead atoms. The topological polar surface area (TPSA) is 54.0 Å². The lowest BCUT2D eigenvalue weighted by molar-refractivity contribution is 0.0937. The van der Waals surface area contributed by atoms with Gasteiger partial charge < -0.3 is 10.6 Å². The Balaban J connectivity index is 2.77. The number of hydrogen-bond acceptors (Lipinski definition) is 3. The van der Waals surface area contributed by atoms with E-state index in [4.69, 9.17) is 0 Å². The molecule has 0 spiro atoms. The highest BCUT2D eigenvalue weighted by atomic mass is 16.1. The van der Waals surface area contributed by atoms with Crippen molar-refractivity contribution in [1.82, 2.24) is 10.3 Å². The van der Waals surface area contributed by atoms with Crippen molar-refractivity contribution >= 4 is 11.7 Å². The molecule has 0 aliphatic carbocycles. The zero-order valence-corrected chi connectivity index (χ0v) is 13.5. The fraction of sp³-hybridized carbons (Fsp3) is 0.625. The van der Waals surface area contributed by atoms with Crippen LogP contribution in [0.3, 0.4) is 0 Å². The van der Waals surface area contributed by atoms with Gasteiger partial charge in [-0.05, 0) is 29.9 Å². The van der Waals surface area contributed by atoms with E-state index in [0.29, 0.717) is 18.0 Å². The van der Waals surface area contributed by atoms with Crippen LogP contribution in [0.2, 0.25) is 0 Å². The van der Waals surface area contributed by atoms with Gasteiger partial charge in [0.25, 0.3) is 5.91 Å². The highest BCUT2D eigenvalue weighted by Crippen LogP contribution is 2.24. The summed E-state index contributed by atoms with van der Waals surface area (Å²) < 4.78 is 0. The molecular formula is C16H27N3O. The number of carbonyl (C=O) groups excluding carboxylic acids is 1. The number of nitrogens with zero attached hydrogens (tertiary/aromatic N) is 1. The highest BCUT2D eigenvalue weighted by Gasteiger charge is 2.20. The van der Waals surface area contributed by atoms with Gasteiger partial charge in [0.15, 0.2) is 0 Å². The van der Waals surface area contributed by atoms with Crippen molar-refractivity contribution in [1.29, 1.82) is 0 Å². The molecule has 0 saturated carbocycles. The standard InChI is InChI=1S/C16H27N3O/c1-7-13-8-12(9-14(17-6)19-13)15(20)18-10-11(2)16(3,4)5/h8-9,11H,7,10H2,1-6H3,(H,17,19)(H,18,20). The molecule has 112 valence electrons. The molecule has 4 heteroatoms. The van der Waals surface area contributed by atoms with E-state index in [-0.39, 0.29) is 11.3 Å². The molecule has 0 fully saturated rings. The van der Waals surface area contributed by atoms with Gasteiger partial charge in [-0.25, -0.2) is 4.98 Å². The predicted octanol–water partition coefficient (Wildman–Crippen LogP) is 3.10. The second-order valence-corrected chi connectivity index (χ2v) is 6.31. The maximum absolute atomic E-state index is 12.2. The molecule has 0 aromatic carbocycles. The van der Waals surface area contributed by atoms with Crippen LogP contribution in [0.5, 0.6) is 0 Å². The maximum Gasteiger partial charge on any atom is 0.251 e. The Hall–Kier alpha value is -1.58. The first kappa shape index (κ1) is 16.5. The van der Waals surface area contributed by atoms with Gasteiger partial charge in [0.1, 0.15) is 5.82 Å². The summed E-state index contributed by atoms with van der Waals surface area (Å²) in [5.74, 6) is 1.12. The van der Waals surface area contributed by atoms with Crippen LogP contribution in [-0.2, 0) is 6.42 Å². The highest BCUT2D eigenvalue weighted by molar-refractivity contribution is 5.95. The normalized spacial score (nSPS) is 12.9. The minimum absolute atomic E-state index is 0.0327. The van der Waals surface area contributed by atoms with E-state index in [1.165, 1.54) is 0 Å². The van der Waals surface area contributed by atoms with E-state index in [9.17, 15) is 4.79 Å². The summed E-state index contributed by atoms with van der Waals surface area (Å²) in [6.07, 6.45) is 0.814. The second-order valence-electron chi connectivity index (χ2n) is 6.31. The molecule has 2 N–H and O–H groups in total. The molecule has 1 aromatic heterocycles. The van der Waals surface area contributed by atoms with Gasteiger partial charge in [-0.2, -0.15) is 0 Å². The van der Waals surface area contributed by atoms with Crippen LogP contribution in [0, 0.1) is 11.3 Å². The van der Waals surface area contributed by atoms with Crippen molar-refractivity contribution < 1.29 is 4.79 Å². The van der Waals surface area contributed by atoms with Crippen LogP contribution in [-0.4, -0.2) is 24.5 Å². The lowest BCUT2D eigenvalue weighted by Gasteiger charge is -2.27. The van der Waals surface area contributed by atoms with Crippen LogP contribution in [0.15, 0.2) is 12.1 Å². The Bertz CT molecular complexity index is 441. The van der Waals surface area contributed by atoms with Gasteiger partial charge in [0.2, 0.25) is 0 Å². The Morgan fingerprint density at radius 3 is 2.50 bits per heavy atom. The van der Waals surface area contributed by atoms with E-state index >= 15 is 0 Å². The maximum atomic E-state index is 12.2. The summed E-state index contributed by atoms with van der Waals surface area (Å²) in [6.45, 7) is 11.4. The summed E-state index contributed by atoms with van der Waals surface area (Å²) in [6, 6.07) is 3.65. The fourth-order valence-electron chi connectivity index (χ4n) is 1.68. The number of amides is 1. The molecule has 1 atom stereocenters. The van der Waals surface area contributed by atoms with Crippen molar-refractivity contribution in [2.45, 2.75) is 41.0 Å². The number of carbonyl (C=O) groups is 1.